The van der Waals surface area contributed by atoms with E-state index >= 15 is 0 Å². The highest BCUT2D eigenvalue weighted by Crippen LogP contribution is 2.09. The predicted octanol–water partition coefficient (Wildman–Crippen LogP) is 1.98. The predicted molar refractivity (Wildman–Crippen MR) is 76.0 cm³/mol. The van der Waals surface area contributed by atoms with E-state index in [1.807, 2.05) is 0 Å². The fourth-order valence-corrected chi connectivity index (χ4v) is 2.77. The summed E-state index contributed by atoms with van der Waals surface area (Å²) in [7, 11) is -1.09. The molecule has 0 aliphatic heterocycles. The molecule has 1 atom stereocenters. The maximum absolute atomic E-state index is 11.7. The molecule has 1 unspecified atom stereocenters. The van der Waals surface area contributed by atoms with Crippen molar-refractivity contribution in [1.82, 2.24) is 0 Å². The van der Waals surface area contributed by atoms with Gasteiger partial charge < -0.3 is 9.84 Å². The minimum atomic E-state index is -1.09. The van der Waals surface area contributed by atoms with Crippen molar-refractivity contribution >= 4 is 22.7 Å². The number of hydrogen-bond acceptors (Lipinski definition) is 4. The number of rotatable bonds is 8. The number of hydrogen-bond donors (Lipinski definition) is 1. The van der Waals surface area contributed by atoms with Crippen LogP contribution < -0.4 is 0 Å². The third kappa shape index (κ3) is 5.97. The van der Waals surface area contributed by atoms with Crippen molar-refractivity contribution in [2.75, 3.05) is 12.4 Å². The zero-order valence-corrected chi connectivity index (χ0v) is 12.1. The van der Waals surface area contributed by atoms with E-state index in [0.717, 1.165) is 5.56 Å². The first-order valence-corrected chi connectivity index (χ1v) is 7.84. The first-order chi connectivity index (χ1) is 9.52. The SMILES string of the molecule is CCOC(=O)c1ccc(CS(=O)CCCC(=O)O)cc1. The number of carbonyl (C=O) groups is 2. The number of aliphatic carboxylic acids is 1. The summed E-state index contributed by atoms with van der Waals surface area (Å²) < 4.78 is 16.6. The lowest BCUT2D eigenvalue weighted by Crippen LogP contribution is -2.06. The van der Waals surface area contributed by atoms with Crippen molar-refractivity contribution in [3.63, 3.8) is 0 Å². The Morgan fingerprint density at radius 3 is 2.45 bits per heavy atom. The average molecular weight is 298 g/mol. The van der Waals surface area contributed by atoms with Crippen molar-refractivity contribution in [3.05, 3.63) is 35.4 Å². The lowest BCUT2D eigenvalue weighted by Gasteiger charge is -2.04. The van der Waals surface area contributed by atoms with Gasteiger partial charge in [0.1, 0.15) is 0 Å². The number of carboxylic acid groups (broad SMARTS) is 1. The smallest absolute Gasteiger partial charge is 0.338 e. The Hall–Kier alpha value is -1.69. The number of esters is 1. The molecular weight excluding hydrogens is 280 g/mol. The normalized spacial score (nSPS) is 11.8. The van der Waals surface area contributed by atoms with Gasteiger partial charge in [-0.15, -0.1) is 0 Å². The van der Waals surface area contributed by atoms with Gasteiger partial charge in [0.15, 0.2) is 0 Å². The molecule has 0 saturated carbocycles. The van der Waals surface area contributed by atoms with E-state index < -0.39 is 16.8 Å². The molecule has 0 saturated heterocycles. The topological polar surface area (TPSA) is 80.7 Å². The van der Waals surface area contributed by atoms with Gasteiger partial charge >= 0.3 is 11.9 Å². The van der Waals surface area contributed by atoms with Crippen molar-refractivity contribution in [3.8, 4) is 0 Å². The quantitative estimate of drug-likeness (QED) is 0.742. The molecule has 0 fully saturated rings. The Morgan fingerprint density at radius 2 is 1.90 bits per heavy atom. The second-order valence-corrected chi connectivity index (χ2v) is 5.78. The molecule has 1 aromatic rings. The lowest BCUT2D eigenvalue weighted by molar-refractivity contribution is -0.137. The Kier molecular flexibility index (Phi) is 6.93. The maximum Gasteiger partial charge on any atom is 0.338 e. The molecule has 0 spiro atoms. The van der Waals surface area contributed by atoms with Gasteiger partial charge in [0.05, 0.1) is 12.2 Å². The fourth-order valence-electron chi connectivity index (χ4n) is 1.59. The molecule has 5 nitrogen and oxygen atoms in total. The highest BCUT2D eigenvalue weighted by atomic mass is 32.2. The molecule has 0 aliphatic rings. The average Bonchev–Trinajstić information content (AvgIpc) is 2.39. The number of benzene rings is 1. The van der Waals surface area contributed by atoms with Gasteiger partial charge in [-0.1, -0.05) is 12.1 Å². The molecule has 0 aliphatic carbocycles. The maximum atomic E-state index is 11.7. The van der Waals surface area contributed by atoms with E-state index in [-0.39, 0.29) is 12.4 Å². The fraction of sp³-hybridized carbons (Fsp3) is 0.429. The molecule has 20 heavy (non-hydrogen) atoms. The summed E-state index contributed by atoms with van der Waals surface area (Å²) >= 11 is 0. The van der Waals surface area contributed by atoms with Crippen LogP contribution in [0.4, 0.5) is 0 Å². The summed E-state index contributed by atoms with van der Waals surface area (Å²) in [6.07, 6.45) is 0.441. The van der Waals surface area contributed by atoms with Crippen LogP contribution in [0, 0.1) is 0 Å². The van der Waals surface area contributed by atoms with Gasteiger partial charge in [0.2, 0.25) is 0 Å². The Bertz CT molecular complexity index is 481. The van der Waals surface area contributed by atoms with Gasteiger partial charge in [0.25, 0.3) is 0 Å². The molecule has 0 bridgehead atoms. The molecular formula is C14H18O5S. The van der Waals surface area contributed by atoms with Crippen molar-refractivity contribution < 1.29 is 23.6 Å². The van der Waals surface area contributed by atoms with E-state index in [2.05, 4.69) is 0 Å². The van der Waals surface area contributed by atoms with Crippen LogP contribution in [0.2, 0.25) is 0 Å². The highest BCUT2D eigenvalue weighted by molar-refractivity contribution is 7.84. The van der Waals surface area contributed by atoms with E-state index in [1.54, 1.807) is 31.2 Å². The summed E-state index contributed by atoms with van der Waals surface area (Å²) in [6.45, 7) is 2.07. The van der Waals surface area contributed by atoms with Crippen molar-refractivity contribution in [2.45, 2.75) is 25.5 Å². The van der Waals surface area contributed by atoms with Gasteiger partial charge in [0, 0.05) is 28.7 Å². The van der Waals surface area contributed by atoms with Crippen LogP contribution in [-0.4, -0.2) is 33.6 Å². The van der Waals surface area contributed by atoms with Crippen molar-refractivity contribution in [1.29, 1.82) is 0 Å². The molecule has 1 rings (SSSR count). The van der Waals surface area contributed by atoms with Crippen LogP contribution in [0.15, 0.2) is 24.3 Å². The van der Waals surface area contributed by atoms with Gasteiger partial charge in [-0.2, -0.15) is 0 Å². The van der Waals surface area contributed by atoms with Crippen LogP contribution in [0.3, 0.4) is 0 Å². The number of ether oxygens (including phenoxy) is 1. The highest BCUT2D eigenvalue weighted by Gasteiger charge is 2.07. The van der Waals surface area contributed by atoms with E-state index in [4.69, 9.17) is 9.84 Å². The van der Waals surface area contributed by atoms with Crippen LogP contribution in [-0.2, 0) is 26.1 Å². The second kappa shape index (κ2) is 8.47. The summed E-state index contributed by atoms with van der Waals surface area (Å²) in [5.41, 5.74) is 1.32. The van der Waals surface area contributed by atoms with Crippen LogP contribution in [0.5, 0.6) is 0 Å². The Morgan fingerprint density at radius 1 is 1.25 bits per heavy atom. The minimum absolute atomic E-state index is 0.0353. The monoisotopic (exact) mass is 298 g/mol. The van der Waals surface area contributed by atoms with Crippen LogP contribution in [0.25, 0.3) is 0 Å². The zero-order chi connectivity index (χ0) is 15.0. The lowest BCUT2D eigenvalue weighted by atomic mass is 10.1. The van der Waals surface area contributed by atoms with E-state index in [0.29, 0.717) is 30.1 Å². The molecule has 0 radical (unpaired) electrons. The van der Waals surface area contributed by atoms with Crippen LogP contribution in [0.1, 0.15) is 35.7 Å². The number of carboxylic acids is 1. The summed E-state index contributed by atoms with van der Waals surface area (Å²) in [5.74, 6) is -0.517. The molecule has 110 valence electrons. The Balaban J connectivity index is 2.46. The third-order valence-corrected chi connectivity index (χ3v) is 3.95. The summed E-state index contributed by atoms with van der Waals surface area (Å²) in [6, 6.07) is 6.76. The molecule has 0 aromatic heterocycles. The Labute approximate surface area is 120 Å². The van der Waals surface area contributed by atoms with Gasteiger partial charge in [-0.05, 0) is 31.0 Å². The van der Waals surface area contributed by atoms with E-state index in [1.165, 1.54) is 0 Å². The minimum Gasteiger partial charge on any atom is -0.481 e. The summed E-state index contributed by atoms with van der Waals surface area (Å²) in [4.78, 5) is 21.8. The van der Waals surface area contributed by atoms with Gasteiger partial charge in [-0.25, -0.2) is 4.79 Å². The molecule has 6 heteroatoms. The standard InChI is InChI=1S/C14H18O5S/c1-2-19-14(17)12-7-5-11(6-8-12)10-20(18)9-3-4-13(15)16/h5-8H,2-4,9-10H2,1H3,(H,15,16). The van der Waals surface area contributed by atoms with Gasteiger partial charge in [-0.3, -0.25) is 9.00 Å². The summed E-state index contributed by atoms with van der Waals surface area (Å²) in [5, 5.41) is 8.50. The second-order valence-electron chi connectivity index (χ2n) is 4.20. The molecule has 1 aromatic carbocycles. The first-order valence-electron chi connectivity index (χ1n) is 6.35. The molecule has 0 amide bonds. The first kappa shape index (κ1) is 16.4. The zero-order valence-electron chi connectivity index (χ0n) is 11.3. The van der Waals surface area contributed by atoms with E-state index in [9.17, 15) is 13.8 Å². The molecule has 1 N–H and O–H groups in total. The molecule has 0 heterocycles. The van der Waals surface area contributed by atoms with Crippen LogP contribution >= 0.6 is 0 Å². The third-order valence-electron chi connectivity index (χ3n) is 2.56. The van der Waals surface area contributed by atoms with Crippen molar-refractivity contribution in [2.24, 2.45) is 0 Å². The largest absolute Gasteiger partial charge is 0.481 e. The number of carbonyl (C=O) groups excluding carboxylic acids is 1.